The van der Waals surface area contributed by atoms with Crippen molar-refractivity contribution in [2.24, 2.45) is 5.92 Å². The lowest BCUT2D eigenvalue weighted by atomic mass is 9.82. The Morgan fingerprint density at radius 3 is 2.31 bits per heavy atom. The Morgan fingerprint density at radius 1 is 0.897 bits per heavy atom. The van der Waals surface area contributed by atoms with Crippen LogP contribution in [0.25, 0.3) is 15.9 Å². The molecule has 0 amide bonds. The lowest BCUT2D eigenvalue weighted by Gasteiger charge is -2.27. The van der Waals surface area contributed by atoms with Gasteiger partial charge in [0.15, 0.2) is 0 Å². The van der Waals surface area contributed by atoms with Crippen LogP contribution in [0.2, 0.25) is 0 Å². The number of imidazole rings is 1. The van der Waals surface area contributed by atoms with Crippen molar-refractivity contribution in [2.45, 2.75) is 11.7 Å². The molecule has 0 saturated carbocycles. The van der Waals surface area contributed by atoms with Crippen LogP contribution in [0.4, 0.5) is 0 Å². The van der Waals surface area contributed by atoms with Crippen molar-refractivity contribution >= 4 is 33.6 Å². The van der Waals surface area contributed by atoms with E-state index in [1.807, 2.05) is 53.1 Å². The van der Waals surface area contributed by atoms with Crippen LogP contribution >= 0.6 is 11.8 Å². The molecule has 2 aliphatic heterocycles. The molecule has 6 rings (SSSR count). The predicted octanol–water partition coefficient (Wildman–Crippen LogP) is 5.73. The number of hydrogen-bond donors (Lipinski definition) is 0. The van der Waals surface area contributed by atoms with E-state index >= 15 is 0 Å². The van der Waals surface area contributed by atoms with Crippen LogP contribution in [-0.2, 0) is 4.75 Å². The molecule has 2 aliphatic rings. The van der Waals surface area contributed by atoms with E-state index in [2.05, 4.69) is 43.3 Å². The Balaban J connectivity index is 1.66. The molecule has 3 nitrogen and oxygen atoms in total. The third kappa shape index (κ3) is 2.10. The summed E-state index contributed by atoms with van der Waals surface area (Å²) in [6.07, 6.45) is 0. The van der Waals surface area contributed by atoms with Crippen LogP contribution in [0.1, 0.15) is 28.7 Å². The fourth-order valence-electron chi connectivity index (χ4n) is 4.81. The number of aromatic nitrogens is 2. The average molecular weight is 394 g/mol. The van der Waals surface area contributed by atoms with Crippen LogP contribution in [0.3, 0.4) is 0 Å². The molecule has 4 heteroatoms. The summed E-state index contributed by atoms with van der Waals surface area (Å²) in [5, 5.41) is 0. The van der Waals surface area contributed by atoms with Crippen molar-refractivity contribution in [1.29, 1.82) is 0 Å². The molecular formula is C25H18N2OS. The summed E-state index contributed by atoms with van der Waals surface area (Å²) < 4.78 is 1.32. The van der Waals surface area contributed by atoms with Gasteiger partial charge in [-0.1, -0.05) is 72.8 Å². The van der Waals surface area contributed by atoms with Crippen molar-refractivity contribution in [2.75, 3.05) is 0 Å². The molecule has 140 valence electrons. The standard InChI is InChI=1S/C25H18N2OS/c1-16-21-23(28)27-20-15-9-8-14-19(20)26-24(27)25(21,18-12-6-3-7-13-18)29-22(16)17-10-4-2-5-11-17/h2-15,21H,1H3. The minimum absolute atomic E-state index is 0.119. The largest absolute Gasteiger partial charge is 0.273 e. The minimum Gasteiger partial charge on any atom is -0.273 e. The number of nitrogens with zero attached hydrogens (tertiary/aromatic N) is 2. The fourth-order valence-corrected chi connectivity index (χ4v) is 6.55. The Kier molecular flexibility index (Phi) is 3.44. The van der Waals surface area contributed by atoms with Gasteiger partial charge in [-0.15, -0.1) is 11.8 Å². The molecule has 0 aliphatic carbocycles. The van der Waals surface area contributed by atoms with E-state index < -0.39 is 4.75 Å². The minimum atomic E-state index is -0.535. The number of rotatable bonds is 2. The highest BCUT2D eigenvalue weighted by Crippen LogP contribution is 2.65. The van der Waals surface area contributed by atoms with Crippen molar-refractivity contribution in [1.82, 2.24) is 9.55 Å². The summed E-state index contributed by atoms with van der Waals surface area (Å²) in [5.41, 5.74) is 5.19. The third-order valence-corrected chi connectivity index (χ3v) is 7.80. The molecule has 0 bridgehead atoms. The van der Waals surface area contributed by atoms with E-state index in [0.717, 1.165) is 33.6 Å². The molecule has 3 heterocycles. The average Bonchev–Trinajstić information content (AvgIpc) is 3.38. The topological polar surface area (TPSA) is 34.9 Å². The molecular weight excluding hydrogens is 376 g/mol. The maximum atomic E-state index is 13.8. The molecule has 4 aromatic rings. The molecule has 0 spiro atoms. The summed E-state index contributed by atoms with van der Waals surface area (Å²) >= 11 is 1.78. The van der Waals surface area contributed by atoms with Crippen LogP contribution in [0, 0.1) is 5.92 Å². The molecule has 3 aromatic carbocycles. The number of benzene rings is 3. The molecule has 0 N–H and O–H groups in total. The number of fused-ring (bicyclic) bond motifs is 5. The first-order valence-electron chi connectivity index (χ1n) is 9.75. The molecule has 2 unspecified atom stereocenters. The van der Waals surface area contributed by atoms with E-state index in [1.54, 1.807) is 11.8 Å². The molecule has 0 radical (unpaired) electrons. The second-order valence-corrected chi connectivity index (χ2v) is 8.87. The molecule has 1 aromatic heterocycles. The zero-order valence-electron chi connectivity index (χ0n) is 15.9. The van der Waals surface area contributed by atoms with Gasteiger partial charge in [-0.25, -0.2) is 4.98 Å². The van der Waals surface area contributed by atoms with Crippen LogP contribution in [0.15, 0.2) is 90.5 Å². The monoisotopic (exact) mass is 394 g/mol. The van der Waals surface area contributed by atoms with E-state index in [9.17, 15) is 4.79 Å². The highest BCUT2D eigenvalue weighted by atomic mass is 32.2. The zero-order chi connectivity index (χ0) is 19.6. The van der Waals surface area contributed by atoms with Gasteiger partial charge in [-0.05, 0) is 35.8 Å². The first-order valence-corrected chi connectivity index (χ1v) is 10.6. The smallest absolute Gasteiger partial charge is 0.242 e. The molecule has 0 fully saturated rings. The number of hydrogen-bond acceptors (Lipinski definition) is 3. The van der Waals surface area contributed by atoms with Gasteiger partial charge in [-0.3, -0.25) is 9.36 Å². The third-order valence-electron chi connectivity index (χ3n) is 6.06. The normalized spacial score (nSPS) is 22.9. The van der Waals surface area contributed by atoms with Gasteiger partial charge in [0.05, 0.1) is 17.0 Å². The van der Waals surface area contributed by atoms with E-state index in [4.69, 9.17) is 4.98 Å². The van der Waals surface area contributed by atoms with Crippen molar-refractivity contribution in [3.8, 4) is 0 Å². The predicted molar refractivity (Wildman–Crippen MR) is 118 cm³/mol. The summed E-state index contributed by atoms with van der Waals surface area (Å²) in [6.45, 7) is 2.11. The number of allylic oxidation sites excluding steroid dienone is 1. The maximum Gasteiger partial charge on any atom is 0.242 e. The highest BCUT2D eigenvalue weighted by Gasteiger charge is 2.61. The molecule has 2 atom stereocenters. The Morgan fingerprint density at radius 2 is 1.55 bits per heavy atom. The summed E-state index contributed by atoms with van der Waals surface area (Å²) in [6, 6.07) is 28.7. The van der Waals surface area contributed by atoms with Gasteiger partial charge >= 0.3 is 0 Å². The second kappa shape index (κ2) is 5.94. The van der Waals surface area contributed by atoms with E-state index in [0.29, 0.717) is 0 Å². The van der Waals surface area contributed by atoms with Crippen molar-refractivity contribution < 1.29 is 4.79 Å². The number of thioether (sulfide) groups is 1. The van der Waals surface area contributed by atoms with Gasteiger partial charge in [0, 0.05) is 4.91 Å². The molecule has 29 heavy (non-hydrogen) atoms. The van der Waals surface area contributed by atoms with E-state index in [1.165, 1.54) is 4.91 Å². The Labute approximate surface area is 173 Å². The van der Waals surface area contributed by atoms with Crippen LogP contribution < -0.4 is 0 Å². The number of para-hydroxylation sites is 2. The summed E-state index contributed by atoms with van der Waals surface area (Å²) in [4.78, 5) is 20.0. The Bertz CT molecular complexity index is 1310. The fraction of sp³-hybridized carbons (Fsp3) is 0.120. The summed E-state index contributed by atoms with van der Waals surface area (Å²) in [7, 11) is 0. The Hall–Kier alpha value is -3.11. The maximum absolute atomic E-state index is 13.8. The zero-order valence-corrected chi connectivity index (χ0v) is 16.7. The van der Waals surface area contributed by atoms with Crippen LogP contribution in [0.5, 0.6) is 0 Å². The van der Waals surface area contributed by atoms with Crippen LogP contribution in [-0.4, -0.2) is 15.5 Å². The van der Waals surface area contributed by atoms with Gasteiger partial charge in [0.2, 0.25) is 5.91 Å². The van der Waals surface area contributed by atoms with Gasteiger partial charge in [0.1, 0.15) is 10.6 Å². The first-order chi connectivity index (χ1) is 14.2. The number of carbonyl (C=O) groups excluding carboxylic acids is 1. The van der Waals surface area contributed by atoms with Crippen molar-refractivity contribution in [3.63, 3.8) is 0 Å². The highest BCUT2D eigenvalue weighted by molar-refractivity contribution is 8.09. The van der Waals surface area contributed by atoms with E-state index in [-0.39, 0.29) is 11.8 Å². The van der Waals surface area contributed by atoms with Crippen molar-refractivity contribution in [3.05, 3.63) is 107 Å². The van der Waals surface area contributed by atoms with Gasteiger partial charge in [-0.2, -0.15) is 0 Å². The summed E-state index contributed by atoms with van der Waals surface area (Å²) in [5.74, 6) is 0.709. The first kappa shape index (κ1) is 16.8. The quantitative estimate of drug-likeness (QED) is 0.436. The molecule has 0 saturated heterocycles. The lowest BCUT2D eigenvalue weighted by molar-refractivity contribution is 0.0881. The number of carbonyl (C=O) groups is 1. The SMILES string of the molecule is CC1=C(c2ccccc2)SC2(c3ccccc3)c3nc4ccccc4n3C(=O)C12. The van der Waals surface area contributed by atoms with Gasteiger partial charge in [0.25, 0.3) is 0 Å². The second-order valence-electron chi connectivity index (χ2n) is 7.61. The lowest BCUT2D eigenvalue weighted by Crippen LogP contribution is -2.29. The van der Waals surface area contributed by atoms with Gasteiger partial charge < -0.3 is 0 Å².